The predicted octanol–water partition coefficient (Wildman–Crippen LogP) is 7.24. The molecule has 0 radical (unpaired) electrons. The molecule has 0 saturated carbocycles. The minimum absolute atomic E-state index is 0.00579. The van der Waals surface area contributed by atoms with E-state index in [1.54, 1.807) is 0 Å². The van der Waals surface area contributed by atoms with E-state index in [9.17, 15) is 39.5 Å². The molecule has 1 aliphatic rings. The number of nitrogens with zero attached hydrogens (tertiary/aromatic N) is 6. The van der Waals surface area contributed by atoms with Crippen LogP contribution in [0.5, 0.6) is 0 Å². The third-order valence-corrected chi connectivity index (χ3v) is 8.89. The number of anilines is 1. The Labute approximate surface area is 260 Å². The predicted molar refractivity (Wildman–Crippen MR) is 152 cm³/mol. The van der Waals surface area contributed by atoms with E-state index in [1.807, 2.05) is 14.0 Å². The Morgan fingerprint density at radius 2 is 1.52 bits per heavy atom. The van der Waals surface area contributed by atoms with Crippen LogP contribution in [0.1, 0.15) is 73.0 Å². The first-order valence-corrected chi connectivity index (χ1v) is 14.6. The maximum absolute atomic E-state index is 14.0. The first-order valence-electron chi connectivity index (χ1n) is 14.6. The van der Waals surface area contributed by atoms with Gasteiger partial charge in [-0.05, 0) is 91.0 Å². The minimum atomic E-state index is -5.08. The second-order valence-electron chi connectivity index (χ2n) is 12.1. The number of aryl methyl sites for hydroxylation is 1. The zero-order chi connectivity index (χ0) is 34.2. The molecule has 254 valence electrons. The van der Waals surface area contributed by atoms with Gasteiger partial charge >= 0.3 is 18.5 Å². The molecule has 1 N–H and O–H groups in total. The molecular formula is C30H36F9N7. The van der Waals surface area contributed by atoms with Gasteiger partial charge in [0.15, 0.2) is 0 Å². The smallest absolute Gasteiger partial charge is 0.330 e. The lowest BCUT2D eigenvalue weighted by Crippen LogP contribution is -2.45. The van der Waals surface area contributed by atoms with E-state index in [2.05, 4.69) is 39.5 Å². The highest BCUT2D eigenvalue weighted by Crippen LogP contribution is 2.40. The quantitative estimate of drug-likeness (QED) is 0.231. The summed E-state index contributed by atoms with van der Waals surface area (Å²) in [6.07, 6.45) is -13.5. The van der Waals surface area contributed by atoms with Crippen LogP contribution < -0.4 is 10.2 Å². The summed E-state index contributed by atoms with van der Waals surface area (Å²) in [4.78, 5) is 4.36. The SMILES string of the molecule is CCC(c1ccc(C(F)(F)F)cc1CN(Cc1cc(C(F)(F)F)cc(C(F)(F)F)c1)c1nnn(C)n1)N(C)C(C)C1(C)CCNC1. The molecule has 0 amide bonds. The average molecular weight is 666 g/mol. The highest BCUT2D eigenvalue weighted by atomic mass is 19.4. The number of benzene rings is 2. The van der Waals surface area contributed by atoms with Crippen LogP contribution in [0.4, 0.5) is 45.5 Å². The molecule has 0 aliphatic carbocycles. The van der Waals surface area contributed by atoms with Crippen LogP contribution in [-0.4, -0.2) is 51.3 Å². The van der Waals surface area contributed by atoms with Gasteiger partial charge < -0.3 is 10.2 Å². The normalized spacial score (nSPS) is 19.1. The zero-order valence-corrected chi connectivity index (χ0v) is 25.9. The molecule has 1 fully saturated rings. The molecule has 1 aliphatic heterocycles. The van der Waals surface area contributed by atoms with Crippen LogP contribution in [-0.2, 0) is 38.7 Å². The third-order valence-electron chi connectivity index (χ3n) is 8.89. The molecule has 2 aromatic carbocycles. The summed E-state index contributed by atoms with van der Waals surface area (Å²) in [5.74, 6) is -0.184. The lowest BCUT2D eigenvalue weighted by Gasteiger charge is -2.42. The maximum Gasteiger partial charge on any atom is 0.416 e. The van der Waals surface area contributed by atoms with E-state index >= 15 is 0 Å². The fraction of sp³-hybridized carbons (Fsp3) is 0.567. The molecule has 4 rings (SSSR count). The summed E-state index contributed by atoms with van der Waals surface area (Å²) >= 11 is 0. The molecule has 3 atom stereocenters. The van der Waals surface area contributed by atoms with Gasteiger partial charge in [-0.1, -0.05) is 25.0 Å². The van der Waals surface area contributed by atoms with Gasteiger partial charge in [-0.2, -0.15) is 44.3 Å². The summed E-state index contributed by atoms with van der Waals surface area (Å²) < 4.78 is 124. The maximum atomic E-state index is 14.0. The fourth-order valence-electron chi connectivity index (χ4n) is 6.06. The van der Waals surface area contributed by atoms with Gasteiger partial charge in [-0.15, -0.1) is 5.10 Å². The highest BCUT2D eigenvalue weighted by Gasteiger charge is 2.40. The van der Waals surface area contributed by atoms with E-state index < -0.39 is 41.8 Å². The molecule has 3 unspecified atom stereocenters. The highest BCUT2D eigenvalue weighted by molar-refractivity contribution is 5.42. The van der Waals surface area contributed by atoms with Crippen molar-refractivity contribution in [3.63, 3.8) is 0 Å². The number of hydrogen-bond donors (Lipinski definition) is 1. The van der Waals surface area contributed by atoms with Crippen LogP contribution in [0.25, 0.3) is 0 Å². The van der Waals surface area contributed by atoms with E-state index in [4.69, 9.17) is 0 Å². The van der Waals surface area contributed by atoms with Crippen molar-refractivity contribution in [3.05, 3.63) is 69.8 Å². The average Bonchev–Trinajstić information content (AvgIpc) is 3.60. The molecule has 0 spiro atoms. The summed E-state index contributed by atoms with van der Waals surface area (Å²) in [5, 5.41) is 15.0. The monoisotopic (exact) mass is 665 g/mol. The summed E-state index contributed by atoms with van der Waals surface area (Å²) in [6.45, 7) is 6.75. The van der Waals surface area contributed by atoms with Gasteiger partial charge in [-0.25, -0.2) is 0 Å². The Kier molecular flexibility index (Phi) is 10.0. The minimum Gasteiger partial charge on any atom is -0.330 e. The summed E-state index contributed by atoms with van der Waals surface area (Å²) in [6, 6.07) is 4.14. The number of tetrazole rings is 1. The van der Waals surface area contributed by atoms with Crippen molar-refractivity contribution in [3.8, 4) is 0 Å². The lowest BCUT2D eigenvalue weighted by atomic mass is 9.80. The number of hydrogen-bond acceptors (Lipinski definition) is 6. The second-order valence-corrected chi connectivity index (χ2v) is 12.1. The van der Waals surface area contributed by atoms with Crippen molar-refractivity contribution in [2.24, 2.45) is 12.5 Å². The van der Waals surface area contributed by atoms with Crippen molar-refractivity contribution in [2.75, 3.05) is 25.0 Å². The molecular weight excluding hydrogens is 629 g/mol. The molecule has 1 aromatic heterocycles. The van der Waals surface area contributed by atoms with Gasteiger partial charge in [0.25, 0.3) is 5.95 Å². The van der Waals surface area contributed by atoms with Gasteiger partial charge in [0.05, 0.1) is 23.7 Å². The Morgan fingerprint density at radius 1 is 0.913 bits per heavy atom. The van der Waals surface area contributed by atoms with E-state index in [0.717, 1.165) is 36.4 Å². The van der Waals surface area contributed by atoms with Crippen LogP contribution in [0.15, 0.2) is 36.4 Å². The van der Waals surface area contributed by atoms with Gasteiger partial charge in [-0.3, -0.25) is 4.90 Å². The summed E-state index contributed by atoms with van der Waals surface area (Å²) in [7, 11) is 3.30. The van der Waals surface area contributed by atoms with Crippen LogP contribution in [0.3, 0.4) is 0 Å². The molecule has 7 nitrogen and oxygen atoms in total. The van der Waals surface area contributed by atoms with Crippen LogP contribution in [0.2, 0.25) is 0 Å². The van der Waals surface area contributed by atoms with Crippen molar-refractivity contribution in [1.82, 2.24) is 30.4 Å². The Balaban J connectivity index is 1.82. The molecule has 0 bridgehead atoms. The van der Waals surface area contributed by atoms with Crippen molar-refractivity contribution in [1.29, 1.82) is 0 Å². The van der Waals surface area contributed by atoms with E-state index in [1.165, 1.54) is 18.0 Å². The van der Waals surface area contributed by atoms with Gasteiger partial charge in [0, 0.05) is 31.7 Å². The van der Waals surface area contributed by atoms with Crippen molar-refractivity contribution < 1.29 is 39.5 Å². The Morgan fingerprint density at radius 3 is 2.00 bits per heavy atom. The largest absolute Gasteiger partial charge is 0.416 e. The van der Waals surface area contributed by atoms with Crippen molar-refractivity contribution >= 4 is 5.95 Å². The van der Waals surface area contributed by atoms with Crippen molar-refractivity contribution in [2.45, 2.75) is 77.3 Å². The number of aromatic nitrogens is 4. The first-order chi connectivity index (χ1) is 21.2. The van der Waals surface area contributed by atoms with Gasteiger partial charge in [0.1, 0.15) is 0 Å². The molecule has 1 saturated heterocycles. The fourth-order valence-corrected chi connectivity index (χ4v) is 6.06. The standard InChI is InChI=1S/C30H36F9N7/c1-6-25(44(4)18(2)27(3)9-10-40-17-27)24-8-7-21(28(31,32)33)13-20(24)16-46(26-41-43-45(5)42-26)15-19-11-22(29(34,35)36)14-23(12-19)30(37,38)39/h7-8,11-14,18,25,40H,6,9-10,15-17H2,1-5H3. The van der Waals surface area contributed by atoms with Crippen LogP contribution in [0, 0.1) is 5.41 Å². The first kappa shape index (κ1) is 35.5. The second kappa shape index (κ2) is 13.0. The van der Waals surface area contributed by atoms with E-state index in [-0.39, 0.29) is 47.2 Å². The molecule has 2 heterocycles. The number of halogens is 9. The molecule has 46 heavy (non-hydrogen) atoms. The topological polar surface area (TPSA) is 62.1 Å². The summed E-state index contributed by atoms with van der Waals surface area (Å²) in [5.41, 5.74) is -3.76. The zero-order valence-electron chi connectivity index (χ0n) is 25.9. The lowest BCUT2D eigenvalue weighted by molar-refractivity contribution is -0.143. The van der Waals surface area contributed by atoms with Gasteiger partial charge in [0.2, 0.25) is 0 Å². The Hall–Kier alpha value is -3.40. The number of rotatable bonds is 10. The molecule has 3 aromatic rings. The van der Waals surface area contributed by atoms with Crippen LogP contribution >= 0.6 is 0 Å². The van der Waals surface area contributed by atoms with E-state index in [0.29, 0.717) is 24.1 Å². The Bertz CT molecular complexity index is 1460. The molecule has 16 heteroatoms. The number of alkyl halides is 9. The third kappa shape index (κ3) is 7.93. The number of nitrogens with one attached hydrogen (secondary N) is 1.